The van der Waals surface area contributed by atoms with Crippen molar-refractivity contribution in [2.45, 2.75) is 63.3 Å². The van der Waals surface area contributed by atoms with Crippen molar-refractivity contribution in [1.29, 1.82) is 0 Å². The number of thiazole rings is 1. The average Bonchev–Trinajstić information content (AvgIpc) is 3.67. The van der Waals surface area contributed by atoms with Gasteiger partial charge in [-0.25, -0.2) is 9.78 Å². The monoisotopic (exact) mass is 599 g/mol. The first kappa shape index (κ1) is 28.4. The predicted octanol–water partition coefficient (Wildman–Crippen LogP) is 5.47. The molecule has 3 N–H and O–H groups in total. The van der Waals surface area contributed by atoms with E-state index in [2.05, 4.69) is 9.64 Å². The molecule has 2 bridgehead atoms. The molecule has 2 saturated heterocycles. The topological polar surface area (TPSA) is 124 Å². The molecule has 12 heteroatoms. The number of fused-ring (bicyclic) bond motifs is 3. The summed E-state index contributed by atoms with van der Waals surface area (Å²) in [6.07, 6.45) is 4.79. The Bertz CT molecular complexity index is 1540. The molecule has 0 amide bonds. The lowest BCUT2D eigenvalue weighted by Crippen LogP contribution is -2.45. The van der Waals surface area contributed by atoms with E-state index >= 15 is 0 Å². The second-order valence-electron chi connectivity index (χ2n) is 10.9. The second-order valence-corrected chi connectivity index (χ2v) is 11.9. The molecule has 3 fully saturated rings. The fraction of sp³-hybridized carbons (Fsp3) is 0.433. The minimum atomic E-state index is -3.02. The molecule has 0 spiro atoms. The third-order valence-electron chi connectivity index (χ3n) is 8.25. The van der Waals surface area contributed by atoms with E-state index in [1.807, 2.05) is 0 Å². The summed E-state index contributed by atoms with van der Waals surface area (Å²) in [7, 11) is 1.50. The van der Waals surface area contributed by atoms with Crippen LogP contribution in [0.5, 0.6) is 11.5 Å². The zero-order valence-electron chi connectivity index (χ0n) is 22.9. The van der Waals surface area contributed by atoms with E-state index in [1.54, 1.807) is 24.3 Å². The van der Waals surface area contributed by atoms with Crippen LogP contribution >= 0.6 is 11.3 Å². The molecule has 2 unspecified atom stereocenters. The van der Waals surface area contributed by atoms with Crippen LogP contribution in [-0.2, 0) is 9.53 Å². The zero-order chi connectivity index (χ0) is 29.5. The minimum Gasteiger partial charge on any atom is -0.494 e. The van der Waals surface area contributed by atoms with E-state index in [9.17, 15) is 23.5 Å². The van der Waals surface area contributed by atoms with Crippen molar-refractivity contribution in [3.63, 3.8) is 0 Å². The number of hydrogen-bond donors (Lipinski definition) is 2. The Labute approximate surface area is 244 Å². The molecule has 2 aliphatic heterocycles. The number of anilines is 1. The number of halogens is 2. The van der Waals surface area contributed by atoms with Crippen LogP contribution < -0.4 is 20.1 Å². The maximum absolute atomic E-state index is 13.2. The van der Waals surface area contributed by atoms with Crippen molar-refractivity contribution in [2.24, 2.45) is 11.7 Å². The first-order chi connectivity index (χ1) is 20.2. The number of carbonyl (C=O) groups is 2. The number of ketones is 1. The highest BCUT2D eigenvalue weighted by Crippen LogP contribution is 2.45. The van der Waals surface area contributed by atoms with E-state index in [1.165, 1.54) is 30.6 Å². The van der Waals surface area contributed by atoms with Crippen LogP contribution in [0, 0.1) is 5.92 Å². The van der Waals surface area contributed by atoms with Gasteiger partial charge in [0.2, 0.25) is 0 Å². The summed E-state index contributed by atoms with van der Waals surface area (Å²) in [5, 5.41) is 10.3. The minimum absolute atomic E-state index is 0.00934. The van der Waals surface area contributed by atoms with Gasteiger partial charge in [-0.2, -0.15) is 8.78 Å². The summed E-state index contributed by atoms with van der Waals surface area (Å²) < 4.78 is 43.2. The number of aromatic nitrogens is 1. The number of hydrogen-bond acceptors (Lipinski definition) is 9. The Balaban J connectivity index is 1.21. The van der Waals surface area contributed by atoms with E-state index in [0.717, 1.165) is 48.4 Å². The Morgan fingerprint density at radius 1 is 1.12 bits per heavy atom. The standard InChI is InChI=1S/C30H31F2N3O6S/c1-39-23-10-16(28(37)38)11-24-26(23)34-30(42-24)35-17-8-9-18(35)13-19(12-17)40-14-21(27(36)15-6-7-15)25(33)20-4-2-3-5-22(20)41-29(31)32/h2-5,10-11,15,17-19,29H,6-9,12-14,33H2,1H3,(H,37,38)/t17-,18?,19?/m0/s1. The van der Waals surface area contributed by atoms with E-state index in [4.69, 9.17) is 20.2 Å². The number of para-hydroxylation sites is 1. The fourth-order valence-corrected chi connectivity index (χ4v) is 7.24. The smallest absolute Gasteiger partial charge is 0.387 e. The Hall–Kier alpha value is -3.77. The summed E-state index contributed by atoms with van der Waals surface area (Å²) in [6.45, 7) is -3.03. The van der Waals surface area contributed by atoms with Gasteiger partial charge >= 0.3 is 12.6 Å². The van der Waals surface area contributed by atoms with Gasteiger partial charge in [-0.3, -0.25) is 4.79 Å². The molecule has 3 heterocycles. The molecule has 0 radical (unpaired) electrons. The largest absolute Gasteiger partial charge is 0.494 e. The number of alkyl halides is 2. The van der Waals surface area contributed by atoms with Crippen molar-refractivity contribution in [1.82, 2.24) is 4.98 Å². The number of Topliss-reactive ketones (excluding diaryl/α,β-unsaturated/α-hetero) is 1. The molecule has 3 aromatic rings. The maximum Gasteiger partial charge on any atom is 0.387 e. The molecule has 3 atom stereocenters. The van der Waals surface area contributed by atoms with Crippen molar-refractivity contribution in [3.8, 4) is 11.5 Å². The molecular formula is C30H31F2N3O6S. The van der Waals surface area contributed by atoms with Crippen LogP contribution in [0.2, 0.25) is 0 Å². The highest BCUT2D eigenvalue weighted by Gasteiger charge is 2.43. The molecule has 1 aliphatic carbocycles. The number of piperidine rings is 1. The van der Waals surface area contributed by atoms with Gasteiger partial charge in [0.05, 0.1) is 35.8 Å². The molecular weight excluding hydrogens is 568 g/mol. The van der Waals surface area contributed by atoms with Crippen molar-refractivity contribution < 1.29 is 37.7 Å². The number of carboxylic acids is 1. The molecule has 42 heavy (non-hydrogen) atoms. The zero-order valence-corrected chi connectivity index (χ0v) is 23.7. The van der Waals surface area contributed by atoms with E-state index in [-0.39, 0.29) is 59.1 Å². The Morgan fingerprint density at radius 2 is 1.83 bits per heavy atom. The van der Waals surface area contributed by atoms with Gasteiger partial charge in [0.1, 0.15) is 17.0 Å². The number of benzene rings is 2. The second kappa shape index (κ2) is 11.5. The molecule has 1 aromatic heterocycles. The van der Waals surface area contributed by atoms with Gasteiger partial charge in [-0.15, -0.1) is 0 Å². The van der Waals surface area contributed by atoms with Crippen LogP contribution in [0.15, 0.2) is 42.0 Å². The summed E-state index contributed by atoms with van der Waals surface area (Å²) >= 11 is 1.45. The lowest BCUT2D eigenvalue weighted by atomic mass is 9.98. The Kier molecular flexibility index (Phi) is 7.75. The molecule has 222 valence electrons. The van der Waals surface area contributed by atoms with Gasteiger partial charge in [0, 0.05) is 29.1 Å². The number of methoxy groups -OCH3 is 1. The maximum atomic E-state index is 13.2. The highest BCUT2D eigenvalue weighted by atomic mass is 32.1. The van der Waals surface area contributed by atoms with Gasteiger partial charge in [0.25, 0.3) is 0 Å². The fourth-order valence-electron chi connectivity index (χ4n) is 6.08. The first-order valence-electron chi connectivity index (χ1n) is 13.9. The van der Waals surface area contributed by atoms with Crippen molar-refractivity contribution in [2.75, 3.05) is 18.6 Å². The van der Waals surface area contributed by atoms with Crippen molar-refractivity contribution in [3.05, 3.63) is 53.1 Å². The normalized spacial score (nSPS) is 22.4. The summed E-state index contributed by atoms with van der Waals surface area (Å²) in [4.78, 5) is 32.0. The number of carboxylic acid groups (broad SMARTS) is 1. The van der Waals surface area contributed by atoms with Crippen LogP contribution in [0.25, 0.3) is 15.9 Å². The third kappa shape index (κ3) is 5.52. The molecule has 3 aliphatic rings. The number of ether oxygens (including phenoxy) is 3. The van der Waals surface area contributed by atoms with Gasteiger partial charge in [-0.05, 0) is 62.8 Å². The average molecular weight is 600 g/mol. The van der Waals surface area contributed by atoms with Crippen LogP contribution in [0.4, 0.5) is 13.9 Å². The summed E-state index contributed by atoms with van der Waals surface area (Å²) in [6, 6.07) is 9.66. The summed E-state index contributed by atoms with van der Waals surface area (Å²) in [5.41, 5.74) is 7.88. The lowest BCUT2D eigenvalue weighted by Gasteiger charge is -2.38. The van der Waals surface area contributed by atoms with Crippen LogP contribution in [0.1, 0.15) is 54.4 Å². The quantitative estimate of drug-likeness (QED) is 0.276. The predicted molar refractivity (Wildman–Crippen MR) is 153 cm³/mol. The van der Waals surface area contributed by atoms with Crippen LogP contribution in [-0.4, -0.2) is 60.4 Å². The summed E-state index contributed by atoms with van der Waals surface area (Å²) in [5.74, 6) is -0.913. The van der Waals surface area contributed by atoms with Gasteiger partial charge < -0.3 is 30.0 Å². The van der Waals surface area contributed by atoms with Crippen LogP contribution in [0.3, 0.4) is 0 Å². The number of nitrogens with two attached hydrogens (primary N) is 1. The van der Waals surface area contributed by atoms with Crippen molar-refractivity contribution >= 4 is 44.1 Å². The molecule has 9 nitrogen and oxygen atoms in total. The Morgan fingerprint density at radius 3 is 2.48 bits per heavy atom. The SMILES string of the molecule is COc1cc(C(=O)O)cc2sc(N3C4CC[C@H]3CC(OCC(C(=O)C3CC3)=C(N)c3ccccc3OC(F)F)C4)nc12. The van der Waals surface area contributed by atoms with Gasteiger partial charge in [0.15, 0.2) is 10.9 Å². The van der Waals surface area contributed by atoms with E-state index in [0.29, 0.717) is 16.8 Å². The molecule has 1 saturated carbocycles. The number of nitrogens with zero attached hydrogens (tertiary/aromatic N) is 2. The number of aromatic carboxylic acids is 1. The lowest BCUT2D eigenvalue weighted by molar-refractivity contribution is -0.117. The highest BCUT2D eigenvalue weighted by molar-refractivity contribution is 7.22. The number of rotatable bonds is 11. The molecule has 2 aromatic carbocycles. The third-order valence-corrected chi connectivity index (χ3v) is 9.27. The van der Waals surface area contributed by atoms with E-state index < -0.39 is 12.6 Å². The van der Waals surface area contributed by atoms with Gasteiger partial charge in [-0.1, -0.05) is 23.5 Å². The molecule has 6 rings (SSSR count). The first-order valence-corrected chi connectivity index (χ1v) is 14.7. The number of carbonyl (C=O) groups excluding carboxylic acids is 1.